The third-order valence-electron chi connectivity index (χ3n) is 2.52. The van der Waals surface area contributed by atoms with Gasteiger partial charge in [0, 0.05) is 16.7 Å². The first-order valence-electron chi connectivity index (χ1n) is 5.98. The lowest BCUT2D eigenvalue weighted by atomic mass is 10.2. The summed E-state index contributed by atoms with van der Waals surface area (Å²) in [4.78, 5) is 0.778. The SMILES string of the molecule is CCCNC(CC)CSc1ccc(F)c(F)c1. The van der Waals surface area contributed by atoms with Gasteiger partial charge in [0.25, 0.3) is 0 Å². The quantitative estimate of drug-likeness (QED) is 0.747. The van der Waals surface area contributed by atoms with E-state index < -0.39 is 11.6 Å². The second-order valence-electron chi connectivity index (χ2n) is 3.95. The van der Waals surface area contributed by atoms with Gasteiger partial charge < -0.3 is 5.32 Å². The predicted molar refractivity (Wildman–Crippen MR) is 69.5 cm³/mol. The van der Waals surface area contributed by atoms with Crippen molar-refractivity contribution in [3.63, 3.8) is 0 Å². The van der Waals surface area contributed by atoms with Crippen molar-refractivity contribution in [2.75, 3.05) is 12.3 Å². The molecule has 0 aliphatic rings. The Bertz CT molecular complexity index is 344. The summed E-state index contributed by atoms with van der Waals surface area (Å²) in [5, 5.41) is 3.43. The smallest absolute Gasteiger partial charge is 0.159 e. The summed E-state index contributed by atoms with van der Waals surface area (Å²) in [6, 6.07) is 4.48. The number of hydrogen-bond donors (Lipinski definition) is 1. The van der Waals surface area contributed by atoms with Gasteiger partial charge in [-0.05, 0) is 37.6 Å². The van der Waals surface area contributed by atoms with E-state index in [0.29, 0.717) is 6.04 Å². The van der Waals surface area contributed by atoms with E-state index in [1.807, 2.05) is 0 Å². The van der Waals surface area contributed by atoms with E-state index >= 15 is 0 Å². The molecule has 0 aliphatic heterocycles. The molecule has 0 fully saturated rings. The molecule has 1 rings (SSSR count). The van der Waals surface area contributed by atoms with Gasteiger partial charge in [0.1, 0.15) is 0 Å². The Labute approximate surface area is 106 Å². The topological polar surface area (TPSA) is 12.0 Å². The first-order valence-corrected chi connectivity index (χ1v) is 6.97. The van der Waals surface area contributed by atoms with Crippen LogP contribution >= 0.6 is 11.8 Å². The minimum Gasteiger partial charge on any atom is -0.313 e. The molecule has 0 aliphatic carbocycles. The molecule has 1 unspecified atom stereocenters. The van der Waals surface area contributed by atoms with Gasteiger partial charge in [0.2, 0.25) is 0 Å². The van der Waals surface area contributed by atoms with Crippen LogP contribution in [0.5, 0.6) is 0 Å². The van der Waals surface area contributed by atoms with Gasteiger partial charge in [-0.25, -0.2) is 8.78 Å². The third-order valence-corrected chi connectivity index (χ3v) is 3.67. The number of benzene rings is 1. The fourth-order valence-corrected chi connectivity index (χ4v) is 2.53. The lowest BCUT2D eigenvalue weighted by Crippen LogP contribution is -2.31. The average molecular weight is 259 g/mol. The first kappa shape index (κ1) is 14.5. The second-order valence-corrected chi connectivity index (χ2v) is 5.04. The maximum Gasteiger partial charge on any atom is 0.159 e. The molecule has 1 N–H and O–H groups in total. The van der Waals surface area contributed by atoms with Crippen LogP contribution in [0.2, 0.25) is 0 Å². The molecule has 0 saturated heterocycles. The molecule has 1 aromatic rings. The lowest BCUT2D eigenvalue weighted by molar-refractivity contribution is 0.505. The summed E-state index contributed by atoms with van der Waals surface area (Å²) in [5.41, 5.74) is 0. The number of hydrogen-bond acceptors (Lipinski definition) is 2. The van der Waals surface area contributed by atoms with Crippen LogP contribution in [0.25, 0.3) is 0 Å². The van der Waals surface area contributed by atoms with E-state index in [9.17, 15) is 8.78 Å². The summed E-state index contributed by atoms with van der Waals surface area (Å²) in [5.74, 6) is -0.684. The van der Waals surface area contributed by atoms with Crippen LogP contribution in [0.15, 0.2) is 23.1 Å². The van der Waals surface area contributed by atoms with Crippen molar-refractivity contribution in [3.05, 3.63) is 29.8 Å². The summed E-state index contributed by atoms with van der Waals surface area (Å²) in [6.45, 7) is 5.25. The van der Waals surface area contributed by atoms with Gasteiger partial charge in [0.05, 0.1) is 0 Å². The van der Waals surface area contributed by atoms with Gasteiger partial charge in [-0.15, -0.1) is 11.8 Å². The molecule has 0 amide bonds. The van der Waals surface area contributed by atoms with Crippen LogP contribution in [0.1, 0.15) is 26.7 Å². The Morgan fingerprint density at radius 3 is 2.59 bits per heavy atom. The van der Waals surface area contributed by atoms with Crippen LogP contribution in [0, 0.1) is 11.6 Å². The van der Waals surface area contributed by atoms with Crippen LogP contribution in [-0.4, -0.2) is 18.3 Å². The number of rotatable bonds is 7. The Morgan fingerprint density at radius 1 is 1.24 bits per heavy atom. The zero-order valence-electron chi connectivity index (χ0n) is 10.3. The Hall–Kier alpha value is -0.610. The minimum atomic E-state index is -0.787. The zero-order valence-corrected chi connectivity index (χ0v) is 11.1. The van der Waals surface area contributed by atoms with Gasteiger partial charge in [0.15, 0.2) is 11.6 Å². The monoisotopic (exact) mass is 259 g/mol. The molecule has 0 radical (unpaired) electrons. The van der Waals surface area contributed by atoms with Crippen molar-refractivity contribution in [2.24, 2.45) is 0 Å². The Morgan fingerprint density at radius 2 is 2.00 bits per heavy atom. The van der Waals surface area contributed by atoms with Crippen molar-refractivity contribution in [1.82, 2.24) is 5.32 Å². The largest absolute Gasteiger partial charge is 0.313 e. The molecule has 4 heteroatoms. The van der Waals surface area contributed by atoms with Crippen LogP contribution in [-0.2, 0) is 0 Å². The lowest BCUT2D eigenvalue weighted by Gasteiger charge is -2.15. The molecule has 0 heterocycles. The predicted octanol–water partition coefficient (Wildman–Crippen LogP) is 3.84. The van der Waals surface area contributed by atoms with Crippen LogP contribution in [0.4, 0.5) is 8.78 Å². The molecule has 1 aromatic carbocycles. The summed E-state index contributed by atoms with van der Waals surface area (Å²) in [7, 11) is 0. The highest BCUT2D eigenvalue weighted by Gasteiger charge is 2.07. The fourth-order valence-electron chi connectivity index (χ4n) is 1.43. The molecule has 0 spiro atoms. The Kier molecular flexibility index (Phi) is 6.52. The highest BCUT2D eigenvalue weighted by molar-refractivity contribution is 7.99. The van der Waals surface area contributed by atoms with E-state index in [1.54, 1.807) is 17.8 Å². The van der Waals surface area contributed by atoms with Gasteiger partial charge in [-0.3, -0.25) is 0 Å². The minimum absolute atomic E-state index is 0.424. The van der Waals surface area contributed by atoms with Crippen molar-refractivity contribution >= 4 is 11.8 Å². The van der Waals surface area contributed by atoms with Crippen molar-refractivity contribution in [2.45, 2.75) is 37.6 Å². The number of thioether (sulfide) groups is 1. The van der Waals surface area contributed by atoms with Crippen molar-refractivity contribution < 1.29 is 8.78 Å². The normalized spacial score (nSPS) is 12.7. The van der Waals surface area contributed by atoms with Gasteiger partial charge in [-0.1, -0.05) is 13.8 Å². The maximum atomic E-state index is 13.0. The summed E-state index contributed by atoms with van der Waals surface area (Å²) >= 11 is 1.56. The highest BCUT2D eigenvalue weighted by Crippen LogP contribution is 2.21. The number of halogens is 2. The standard InChI is InChI=1S/C13H19F2NS/c1-3-7-16-10(4-2)9-17-11-5-6-12(14)13(15)8-11/h5-6,8,10,16H,3-4,7,9H2,1-2H3. The van der Waals surface area contributed by atoms with E-state index in [-0.39, 0.29) is 0 Å². The first-order chi connectivity index (χ1) is 8.17. The Balaban J connectivity index is 2.45. The third kappa shape index (κ3) is 5.04. The molecule has 96 valence electrons. The molecule has 0 aromatic heterocycles. The molecular weight excluding hydrogens is 240 g/mol. The molecule has 1 atom stereocenters. The maximum absolute atomic E-state index is 13.0. The highest BCUT2D eigenvalue weighted by atomic mass is 32.2. The second kappa shape index (κ2) is 7.67. The van der Waals surface area contributed by atoms with E-state index in [1.165, 1.54) is 12.1 Å². The molecule has 17 heavy (non-hydrogen) atoms. The van der Waals surface area contributed by atoms with E-state index in [0.717, 1.165) is 30.0 Å². The molecular formula is C13H19F2NS. The average Bonchev–Trinajstić information content (AvgIpc) is 2.34. The van der Waals surface area contributed by atoms with Crippen molar-refractivity contribution in [1.29, 1.82) is 0 Å². The zero-order chi connectivity index (χ0) is 12.7. The molecule has 0 bridgehead atoms. The molecule has 1 nitrogen and oxygen atoms in total. The van der Waals surface area contributed by atoms with E-state index in [2.05, 4.69) is 19.2 Å². The van der Waals surface area contributed by atoms with E-state index in [4.69, 9.17) is 0 Å². The van der Waals surface area contributed by atoms with Gasteiger partial charge >= 0.3 is 0 Å². The van der Waals surface area contributed by atoms with Crippen molar-refractivity contribution in [3.8, 4) is 0 Å². The number of nitrogens with one attached hydrogen (secondary N) is 1. The summed E-state index contributed by atoms with van der Waals surface area (Å²) < 4.78 is 25.7. The molecule has 0 saturated carbocycles. The fraction of sp³-hybridized carbons (Fsp3) is 0.538. The van der Waals surface area contributed by atoms with Crippen LogP contribution < -0.4 is 5.32 Å². The van der Waals surface area contributed by atoms with Crippen LogP contribution in [0.3, 0.4) is 0 Å². The summed E-state index contributed by atoms with van der Waals surface area (Å²) in [6.07, 6.45) is 2.14. The van der Waals surface area contributed by atoms with Gasteiger partial charge in [-0.2, -0.15) is 0 Å².